The van der Waals surface area contributed by atoms with Gasteiger partial charge in [0, 0.05) is 26.3 Å². The predicted octanol–water partition coefficient (Wildman–Crippen LogP) is 0.260. The summed E-state index contributed by atoms with van der Waals surface area (Å²) in [5.41, 5.74) is 1.85. The quantitative estimate of drug-likeness (QED) is 0.532. The van der Waals surface area contributed by atoms with Crippen LogP contribution < -0.4 is 16.2 Å². The Balaban J connectivity index is 2.25. The number of β-amino-alcohol motifs (C(OH)–C–C–N with tert-alkyl or cyclic N) is 1. The number of nitrogen functional groups attached to an aromatic ring is 1. The Kier molecular flexibility index (Phi) is 4.18. The van der Waals surface area contributed by atoms with Gasteiger partial charge in [-0.1, -0.05) is 0 Å². The molecule has 2 rings (SSSR count). The number of hydrazine groups is 1. The van der Waals surface area contributed by atoms with Gasteiger partial charge in [-0.25, -0.2) is 15.8 Å². The number of nitrogens with zero attached hydrogens (tertiary/aromatic N) is 3. The first-order chi connectivity index (χ1) is 9.04. The number of nitrogens with two attached hydrogens (primary N) is 1. The van der Waals surface area contributed by atoms with Gasteiger partial charge in [-0.05, 0) is 19.8 Å². The van der Waals surface area contributed by atoms with Gasteiger partial charge in [-0.15, -0.1) is 0 Å². The third-order valence-electron chi connectivity index (χ3n) is 3.18. The molecule has 1 aliphatic heterocycles. The topological polar surface area (TPSA) is 96.5 Å². The minimum atomic E-state index is -0.680. The number of hydrogen-bond acceptors (Lipinski definition) is 7. The van der Waals surface area contributed by atoms with E-state index in [2.05, 4.69) is 15.4 Å². The number of aromatic nitrogens is 2. The van der Waals surface area contributed by atoms with Crippen molar-refractivity contribution in [3.8, 4) is 0 Å². The van der Waals surface area contributed by atoms with Crippen LogP contribution in [0.2, 0.25) is 0 Å². The summed E-state index contributed by atoms with van der Waals surface area (Å²) in [7, 11) is 1.59. The first-order valence-corrected chi connectivity index (χ1v) is 6.35. The van der Waals surface area contributed by atoms with Gasteiger partial charge in [0.1, 0.15) is 18.2 Å². The van der Waals surface area contributed by atoms with E-state index in [1.807, 2.05) is 11.8 Å². The molecule has 106 valence electrons. The first-order valence-electron chi connectivity index (χ1n) is 6.35. The van der Waals surface area contributed by atoms with Crippen molar-refractivity contribution in [3.63, 3.8) is 0 Å². The van der Waals surface area contributed by atoms with E-state index in [0.29, 0.717) is 24.8 Å². The van der Waals surface area contributed by atoms with E-state index < -0.39 is 5.60 Å². The number of nitrogens with one attached hydrogen (secondary N) is 1. The first kappa shape index (κ1) is 14.0. The molecule has 4 N–H and O–H groups in total. The summed E-state index contributed by atoms with van der Waals surface area (Å²) >= 11 is 0. The Morgan fingerprint density at radius 3 is 3.00 bits per heavy atom. The summed E-state index contributed by atoms with van der Waals surface area (Å²) in [6.07, 6.45) is 1.74. The maximum atomic E-state index is 10.2. The fourth-order valence-corrected chi connectivity index (χ4v) is 2.33. The van der Waals surface area contributed by atoms with Gasteiger partial charge in [0.2, 0.25) is 0 Å². The van der Waals surface area contributed by atoms with Crippen molar-refractivity contribution in [3.05, 3.63) is 11.9 Å². The summed E-state index contributed by atoms with van der Waals surface area (Å²) in [6, 6.07) is 1.78. The average Bonchev–Trinajstić information content (AvgIpc) is 2.37. The Hall–Kier alpha value is -1.44. The van der Waals surface area contributed by atoms with Crippen molar-refractivity contribution in [2.24, 2.45) is 5.84 Å². The third-order valence-corrected chi connectivity index (χ3v) is 3.18. The van der Waals surface area contributed by atoms with Crippen molar-refractivity contribution >= 4 is 11.6 Å². The Labute approximate surface area is 112 Å². The lowest BCUT2D eigenvalue weighted by atomic mass is 9.95. The van der Waals surface area contributed by atoms with Crippen LogP contribution >= 0.6 is 0 Å². The van der Waals surface area contributed by atoms with Gasteiger partial charge in [-0.3, -0.25) is 0 Å². The van der Waals surface area contributed by atoms with Crippen LogP contribution in [0.5, 0.6) is 0 Å². The molecule has 0 aliphatic carbocycles. The van der Waals surface area contributed by atoms with Crippen LogP contribution in [0.1, 0.15) is 25.6 Å². The molecule has 1 aliphatic rings. The summed E-state index contributed by atoms with van der Waals surface area (Å²) in [4.78, 5) is 10.7. The fourth-order valence-electron chi connectivity index (χ4n) is 2.33. The van der Waals surface area contributed by atoms with E-state index in [1.54, 1.807) is 13.2 Å². The van der Waals surface area contributed by atoms with Crippen LogP contribution in [0.15, 0.2) is 6.07 Å². The summed E-state index contributed by atoms with van der Waals surface area (Å²) in [5.74, 6) is 7.29. The molecule has 0 amide bonds. The second-order valence-electron chi connectivity index (χ2n) is 5.13. The van der Waals surface area contributed by atoms with E-state index in [9.17, 15) is 5.11 Å². The minimum absolute atomic E-state index is 0.326. The normalized spacial score (nSPS) is 23.5. The monoisotopic (exact) mass is 267 g/mol. The number of methoxy groups -OCH3 is 1. The van der Waals surface area contributed by atoms with Crippen LogP contribution in [-0.2, 0) is 11.3 Å². The number of piperidine rings is 1. The highest BCUT2D eigenvalue weighted by molar-refractivity contribution is 5.49. The second-order valence-corrected chi connectivity index (χ2v) is 5.13. The standard InChI is InChI=1S/C12H21N5O2/c1-12(18)4-3-5-17(8-12)11-6-9(16-13)14-10(15-11)7-19-2/h6,18H,3-5,7-8,13H2,1-2H3,(H,14,15,16). The highest BCUT2D eigenvalue weighted by Gasteiger charge is 2.29. The molecule has 7 nitrogen and oxygen atoms in total. The molecule has 1 aromatic heterocycles. The van der Waals surface area contributed by atoms with Crippen LogP contribution in [0.3, 0.4) is 0 Å². The van der Waals surface area contributed by atoms with E-state index in [-0.39, 0.29) is 0 Å². The molecule has 0 saturated carbocycles. The SMILES string of the molecule is COCc1nc(NN)cc(N2CCCC(C)(O)C2)n1. The average molecular weight is 267 g/mol. The molecular formula is C12H21N5O2. The van der Waals surface area contributed by atoms with E-state index in [0.717, 1.165) is 25.2 Å². The summed E-state index contributed by atoms with van der Waals surface area (Å²) in [5, 5.41) is 10.2. The number of aliphatic hydroxyl groups is 1. The lowest BCUT2D eigenvalue weighted by Crippen LogP contribution is -2.46. The molecule has 0 spiro atoms. The number of anilines is 2. The lowest BCUT2D eigenvalue weighted by molar-refractivity contribution is 0.0446. The van der Waals surface area contributed by atoms with Crippen molar-refractivity contribution in [1.29, 1.82) is 0 Å². The molecule has 19 heavy (non-hydrogen) atoms. The van der Waals surface area contributed by atoms with Crippen molar-refractivity contribution in [1.82, 2.24) is 9.97 Å². The zero-order valence-electron chi connectivity index (χ0n) is 11.4. The zero-order valence-corrected chi connectivity index (χ0v) is 11.4. The van der Waals surface area contributed by atoms with Crippen molar-refractivity contribution < 1.29 is 9.84 Å². The maximum Gasteiger partial charge on any atom is 0.158 e. The van der Waals surface area contributed by atoms with E-state index >= 15 is 0 Å². The minimum Gasteiger partial charge on any atom is -0.388 e. The third kappa shape index (κ3) is 3.52. The molecule has 1 unspecified atom stereocenters. The van der Waals surface area contributed by atoms with Gasteiger partial charge in [-0.2, -0.15) is 0 Å². The Bertz CT molecular complexity index is 438. The predicted molar refractivity (Wildman–Crippen MR) is 72.6 cm³/mol. The number of ether oxygens (including phenoxy) is 1. The van der Waals surface area contributed by atoms with Crippen LogP contribution in [0.4, 0.5) is 11.6 Å². The van der Waals surface area contributed by atoms with Crippen LogP contribution in [0, 0.1) is 0 Å². The number of rotatable bonds is 4. The van der Waals surface area contributed by atoms with Crippen LogP contribution in [-0.4, -0.2) is 40.9 Å². The molecule has 0 aromatic carbocycles. The summed E-state index contributed by atoms with van der Waals surface area (Å²) < 4.78 is 5.05. The molecule has 0 radical (unpaired) electrons. The molecule has 1 saturated heterocycles. The van der Waals surface area contributed by atoms with Crippen molar-refractivity contribution in [2.75, 3.05) is 30.5 Å². The highest BCUT2D eigenvalue weighted by Crippen LogP contribution is 2.25. The van der Waals surface area contributed by atoms with Gasteiger partial charge in [0.15, 0.2) is 5.82 Å². The van der Waals surface area contributed by atoms with Gasteiger partial charge in [0.25, 0.3) is 0 Å². The van der Waals surface area contributed by atoms with Gasteiger partial charge in [0.05, 0.1) is 5.60 Å². The zero-order chi connectivity index (χ0) is 13.9. The molecule has 0 bridgehead atoms. The Morgan fingerprint density at radius 1 is 1.58 bits per heavy atom. The highest BCUT2D eigenvalue weighted by atomic mass is 16.5. The molecule has 2 heterocycles. The molecular weight excluding hydrogens is 246 g/mol. The summed E-state index contributed by atoms with van der Waals surface area (Å²) in [6.45, 7) is 3.59. The maximum absolute atomic E-state index is 10.2. The molecule has 1 fully saturated rings. The number of hydrogen-bond donors (Lipinski definition) is 3. The van der Waals surface area contributed by atoms with Gasteiger partial charge < -0.3 is 20.2 Å². The fraction of sp³-hybridized carbons (Fsp3) is 0.667. The molecule has 1 atom stereocenters. The van der Waals surface area contributed by atoms with Gasteiger partial charge >= 0.3 is 0 Å². The largest absolute Gasteiger partial charge is 0.388 e. The Morgan fingerprint density at radius 2 is 2.37 bits per heavy atom. The molecule has 7 heteroatoms. The smallest absolute Gasteiger partial charge is 0.158 e. The molecule has 1 aromatic rings. The van der Waals surface area contributed by atoms with Crippen LogP contribution in [0.25, 0.3) is 0 Å². The van der Waals surface area contributed by atoms with E-state index in [1.165, 1.54) is 0 Å². The van der Waals surface area contributed by atoms with Crippen molar-refractivity contribution in [2.45, 2.75) is 32.0 Å². The van der Waals surface area contributed by atoms with E-state index in [4.69, 9.17) is 10.6 Å². The lowest BCUT2D eigenvalue weighted by Gasteiger charge is -2.37. The second kappa shape index (κ2) is 5.68.